The molecule has 0 atom stereocenters. The first-order valence-electron chi connectivity index (χ1n) is 9.81. The van der Waals surface area contributed by atoms with Crippen molar-refractivity contribution >= 4 is 27.3 Å². The van der Waals surface area contributed by atoms with Crippen molar-refractivity contribution in [3.05, 3.63) is 89.5 Å². The highest BCUT2D eigenvalue weighted by atomic mass is 32.2. The number of carbonyl (C=O) groups excluding carboxylic acids is 1. The minimum absolute atomic E-state index is 0.0290. The third-order valence-electron chi connectivity index (χ3n) is 5.19. The summed E-state index contributed by atoms with van der Waals surface area (Å²) >= 11 is 0. The number of nitrogens with one attached hydrogen (secondary N) is 1. The predicted octanol–water partition coefficient (Wildman–Crippen LogP) is 4.99. The van der Waals surface area contributed by atoms with Gasteiger partial charge in [-0.25, -0.2) is 8.42 Å². The third kappa shape index (κ3) is 4.62. The van der Waals surface area contributed by atoms with Crippen LogP contribution in [0.5, 0.6) is 0 Å². The van der Waals surface area contributed by atoms with E-state index in [4.69, 9.17) is 0 Å². The van der Waals surface area contributed by atoms with E-state index in [9.17, 15) is 26.4 Å². The van der Waals surface area contributed by atoms with Gasteiger partial charge in [-0.3, -0.25) is 9.52 Å². The van der Waals surface area contributed by atoms with Crippen molar-refractivity contribution in [2.24, 2.45) is 0 Å². The number of carbonyl (C=O) groups is 1. The molecule has 5 nitrogen and oxygen atoms in total. The predicted molar refractivity (Wildman–Crippen MR) is 115 cm³/mol. The van der Waals surface area contributed by atoms with Gasteiger partial charge in [0.2, 0.25) is 5.91 Å². The van der Waals surface area contributed by atoms with Crippen LogP contribution in [-0.4, -0.2) is 14.3 Å². The second-order valence-corrected chi connectivity index (χ2v) is 9.12. The summed E-state index contributed by atoms with van der Waals surface area (Å²) in [6, 6.07) is 17.8. The number of alkyl halides is 3. The number of benzene rings is 3. The lowest BCUT2D eigenvalue weighted by Crippen LogP contribution is -2.34. The molecule has 3 aromatic rings. The zero-order valence-corrected chi connectivity index (χ0v) is 17.6. The van der Waals surface area contributed by atoms with Crippen LogP contribution in [0.25, 0.3) is 0 Å². The molecule has 0 fully saturated rings. The van der Waals surface area contributed by atoms with Crippen LogP contribution >= 0.6 is 0 Å². The topological polar surface area (TPSA) is 66.5 Å². The lowest BCUT2D eigenvalue weighted by molar-refractivity contribution is -0.137. The Hall–Kier alpha value is -3.33. The van der Waals surface area contributed by atoms with Gasteiger partial charge in [0.15, 0.2) is 0 Å². The van der Waals surface area contributed by atoms with Crippen LogP contribution in [0, 0.1) is 0 Å². The molecule has 1 amide bonds. The lowest BCUT2D eigenvalue weighted by atomic mass is 10.00. The van der Waals surface area contributed by atoms with E-state index in [2.05, 4.69) is 4.72 Å². The molecular formula is C23H19F3N2O3S. The molecule has 0 aliphatic carbocycles. The molecule has 1 aliphatic rings. The number of hydrogen-bond acceptors (Lipinski definition) is 3. The van der Waals surface area contributed by atoms with E-state index in [-0.39, 0.29) is 18.0 Å². The molecule has 0 spiro atoms. The van der Waals surface area contributed by atoms with Crippen molar-refractivity contribution in [1.29, 1.82) is 0 Å². The SMILES string of the molecule is O=C1CCc2cc(NS(=O)(=O)c3cccc(C(F)(F)F)c3)ccc2N1Cc1ccccc1. The molecule has 32 heavy (non-hydrogen) atoms. The van der Waals surface area contributed by atoms with Gasteiger partial charge in [-0.15, -0.1) is 0 Å². The molecule has 0 saturated carbocycles. The van der Waals surface area contributed by atoms with Crippen molar-refractivity contribution in [1.82, 2.24) is 0 Å². The van der Waals surface area contributed by atoms with Gasteiger partial charge >= 0.3 is 6.18 Å². The summed E-state index contributed by atoms with van der Waals surface area (Å²) in [6.45, 7) is 0.391. The number of halogens is 3. The molecular weight excluding hydrogens is 441 g/mol. The highest BCUT2D eigenvalue weighted by Crippen LogP contribution is 2.33. The number of fused-ring (bicyclic) bond motifs is 1. The normalized spacial score (nSPS) is 14.2. The summed E-state index contributed by atoms with van der Waals surface area (Å²) in [4.78, 5) is 13.7. The van der Waals surface area contributed by atoms with Gasteiger partial charge in [-0.2, -0.15) is 13.2 Å². The Bertz CT molecular complexity index is 1260. The van der Waals surface area contributed by atoms with Gasteiger partial charge in [0.25, 0.3) is 10.0 Å². The summed E-state index contributed by atoms with van der Waals surface area (Å²) in [5.74, 6) is -0.0290. The zero-order chi connectivity index (χ0) is 22.9. The molecule has 9 heteroatoms. The second-order valence-electron chi connectivity index (χ2n) is 7.44. The minimum Gasteiger partial charge on any atom is -0.308 e. The van der Waals surface area contributed by atoms with Gasteiger partial charge in [0.1, 0.15) is 0 Å². The molecule has 0 aromatic heterocycles. The monoisotopic (exact) mass is 460 g/mol. The summed E-state index contributed by atoms with van der Waals surface area (Å²) in [7, 11) is -4.23. The van der Waals surface area contributed by atoms with Gasteiger partial charge in [0.05, 0.1) is 17.0 Å². The number of sulfonamides is 1. The summed E-state index contributed by atoms with van der Waals surface area (Å²) in [5.41, 5.74) is 1.61. The van der Waals surface area contributed by atoms with Gasteiger partial charge in [-0.05, 0) is 53.9 Å². The van der Waals surface area contributed by atoms with Crippen molar-refractivity contribution < 1.29 is 26.4 Å². The molecule has 1 heterocycles. The van der Waals surface area contributed by atoms with Crippen LogP contribution < -0.4 is 9.62 Å². The van der Waals surface area contributed by atoms with E-state index in [0.29, 0.717) is 24.7 Å². The smallest absolute Gasteiger partial charge is 0.308 e. The van der Waals surface area contributed by atoms with Gasteiger partial charge in [0, 0.05) is 17.8 Å². The maximum atomic E-state index is 12.9. The summed E-state index contributed by atoms with van der Waals surface area (Å²) in [6.07, 6.45) is -3.92. The van der Waals surface area contributed by atoms with Crippen molar-refractivity contribution in [3.63, 3.8) is 0 Å². The summed E-state index contributed by atoms with van der Waals surface area (Å²) in [5, 5.41) is 0. The first kappa shape index (κ1) is 21.9. The largest absolute Gasteiger partial charge is 0.416 e. The van der Waals surface area contributed by atoms with Gasteiger partial charge < -0.3 is 4.90 Å². The maximum Gasteiger partial charge on any atom is 0.416 e. The van der Waals surface area contributed by atoms with E-state index < -0.39 is 26.7 Å². The molecule has 3 aromatic carbocycles. The van der Waals surface area contributed by atoms with E-state index in [1.807, 2.05) is 30.3 Å². The van der Waals surface area contributed by atoms with E-state index in [0.717, 1.165) is 29.3 Å². The van der Waals surface area contributed by atoms with E-state index >= 15 is 0 Å². The van der Waals surface area contributed by atoms with Crippen LogP contribution in [0.4, 0.5) is 24.5 Å². The molecule has 0 bridgehead atoms. The van der Waals surface area contributed by atoms with Crippen LogP contribution in [0.15, 0.2) is 77.7 Å². The molecule has 0 unspecified atom stereocenters. The van der Waals surface area contributed by atoms with E-state index in [1.165, 1.54) is 6.07 Å². The standard InChI is InChI=1S/C23H19F3N2O3S/c24-23(25,26)18-7-4-8-20(14-18)32(30,31)27-19-10-11-21-17(13-19)9-12-22(29)28(21)15-16-5-2-1-3-6-16/h1-8,10-11,13-14,27H,9,12,15H2. The fourth-order valence-corrected chi connectivity index (χ4v) is 4.71. The Balaban J connectivity index is 1.60. The Morgan fingerprint density at radius 1 is 0.906 bits per heavy atom. The molecule has 4 rings (SSSR count). The first-order chi connectivity index (χ1) is 15.1. The fraction of sp³-hybridized carbons (Fsp3) is 0.174. The Kier molecular flexibility index (Phi) is 5.68. The average Bonchev–Trinajstić information content (AvgIpc) is 2.76. The molecule has 0 saturated heterocycles. The Labute approximate surface area is 183 Å². The van der Waals surface area contributed by atoms with Crippen LogP contribution in [0.1, 0.15) is 23.1 Å². The molecule has 0 radical (unpaired) electrons. The number of hydrogen-bond donors (Lipinski definition) is 1. The highest BCUT2D eigenvalue weighted by Gasteiger charge is 2.32. The van der Waals surface area contributed by atoms with Crippen molar-refractivity contribution in [2.45, 2.75) is 30.5 Å². The first-order valence-corrected chi connectivity index (χ1v) is 11.3. The third-order valence-corrected chi connectivity index (χ3v) is 6.57. The van der Waals surface area contributed by atoms with Crippen LogP contribution in [0.3, 0.4) is 0 Å². The number of anilines is 2. The van der Waals surface area contributed by atoms with E-state index in [1.54, 1.807) is 17.0 Å². The highest BCUT2D eigenvalue weighted by molar-refractivity contribution is 7.92. The average molecular weight is 460 g/mol. The van der Waals surface area contributed by atoms with Crippen molar-refractivity contribution in [3.8, 4) is 0 Å². The van der Waals surface area contributed by atoms with Gasteiger partial charge in [-0.1, -0.05) is 36.4 Å². The molecule has 1 N–H and O–H groups in total. The zero-order valence-electron chi connectivity index (χ0n) is 16.8. The second kappa shape index (κ2) is 8.31. The quantitative estimate of drug-likeness (QED) is 0.584. The Morgan fingerprint density at radius 3 is 2.38 bits per heavy atom. The maximum absolute atomic E-state index is 12.9. The minimum atomic E-state index is -4.65. The van der Waals surface area contributed by atoms with Crippen molar-refractivity contribution in [2.75, 3.05) is 9.62 Å². The number of amides is 1. The fourth-order valence-electron chi connectivity index (χ4n) is 3.62. The number of rotatable bonds is 5. The lowest BCUT2D eigenvalue weighted by Gasteiger charge is -2.30. The molecule has 166 valence electrons. The number of nitrogens with zero attached hydrogens (tertiary/aromatic N) is 1. The van der Waals surface area contributed by atoms with Crippen LogP contribution in [0.2, 0.25) is 0 Å². The Morgan fingerprint density at radius 2 is 1.66 bits per heavy atom. The van der Waals surface area contributed by atoms with Crippen LogP contribution in [-0.2, 0) is 34.0 Å². The molecule has 1 aliphatic heterocycles. The summed E-state index contributed by atoms with van der Waals surface area (Å²) < 4.78 is 66.5. The number of aryl methyl sites for hydroxylation is 1.